The van der Waals surface area contributed by atoms with Gasteiger partial charge in [0.25, 0.3) is 0 Å². The molecule has 0 amide bonds. The second-order valence-electron chi connectivity index (χ2n) is 28.9. The topological polar surface area (TPSA) is 186 Å². The zero-order valence-electron chi connectivity index (χ0n) is 66.4. The zero-order chi connectivity index (χ0) is 78.4. The Bertz CT molecular complexity index is 3430. The SMILES string of the molecule is C=C(CO)C(=O)OCCC[Si](C)(CCCOC(=O)C(=C)CO)c1c(C)cc(C)cc1C.C=CC(=O)OCCC[Si](C)(CCCOC(=O)C=C)c1c(C)cc(C)cc1C.C=CC[Si](C)(CC=C)c1c(C)cc(C)cc1C.Cc1cc(C)c(Br)c(C)c1.Cc1cc(C)c([SiH](CCCO)CCCO)c(C)c1. The van der Waals surface area contributed by atoms with Crippen LogP contribution in [0.1, 0.15) is 122 Å². The van der Waals surface area contributed by atoms with Gasteiger partial charge in [-0.25, -0.2) is 19.2 Å². The van der Waals surface area contributed by atoms with E-state index in [1.54, 1.807) is 10.4 Å². The smallest absolute Gasteiger partial charge is 0.335 e. The van der Waals surface area contributed by atoms with E-state index >= 15 is 0 Å². The number of ether oxygens (including phenoxy) is 4. The first kappa shape index (κ1) is 94.6. The Morgan fingerprint density at radius 1 is 0.398 bits per heavy atom. The van der Waals surface area contributed by atoms with Crippen LogP contribution in [0.5, 0.6) is 0 Å². The number of esters is 4. The molecular weight excluding hydrogens is 1420 g/mol. The molecule has 0 saturated heterocycles. The Morgan fingerprint density at radius 3 is 0.903 bits per heavy atom. The molecule has 17 heteroatoms. The summed E-state index contributed by atoms with van der Waals surface area (Å²) >= 11 is 3.51. The molecule has 568 valence electrons. The predicted molar refractivity (Wildman–Crippen MR) is 449 cm³/mol. The van der Waals surface area contributed by atoms with Gasteiger partial charge in [-0.2, -0.15) is 0 Å². The lowest BCUT2D eigenvalue weighted by molar-refractivity contribution is -0.140. The largest absolute Gasteiger partial charge is 0.463 e. The van der Waals surface area contributed by atoms with E-state index in [9.17, 15) is 19.2 Å². The summed E-state index contributed by atoms with van der Waals surface area (Å²) in [4.78, 5) is 46.0. The number of rotatable bonds is 36. The van der Waals surface area contributed by atoms with E-state index in [1.807, 2.05) is 0 Å². The first-order valence-electron chi connectivity index (χ1n) is 36.4. The van der Waals surface area contributed by atoms with Crippen LogP contribution in [0.4, 0.5) is 0 Å². The number of hydrogen-bond donors (Lipinski definition) is 4. The van der Waals surface area contributed by atoms with Crippen LogP contribution < -0.4 is 20.7 Å². The van der Waals surface area contributed by atoms with Crippen LogP contribution >= 0.6 is 15.9 Å². The molecule has 0 saturated carbocycles. The average molecular weight is 1550 g/mol. The van der Waals surface area contributed by atoms with Crippen LogP contribution in [0.15, 0.2) is 140 Å². The van der Waals surface area contributed by atoms with E-state index in [1.165, 1.54) is 110 Å². The quantitative estimate of drug-likeness (QED) is 0.00744. The number of halogens is 1. The summed E-state index contributed by atoms with van der Waals surface area (Å²) in [6.45, 7) is 62.3. The number of carbonyl (C=O) groups excluding carboxylic acids is 4. The van der Waals surface area contributed by atoms with Crippen molar-refractivity contribution in [2.75, 3.05) is 52.9 Å². The number of aliphatic hydroxyl groups is 4. The van der Waals surface area contributed by atoms with Crippen LogP contribution in [0.25, 0.3) is 0 Å². The summed E-state index contributed by atoms with van der Waals surface area (Å²) in [6, 6.07) is 30.8. The fourth-order valence-corrected chi connectivity index (χ4v) is 32.2. The predicted octanol–water partition coefficient (Wildman–Crippen LogP) is 16.5. The van der Waals surface area contributed by atoms with E-state index in [-0.39, 0.29) is 49.5 Å². The van der Waals surface area contributed by atoms with Gasteiger partial charge in [0, 0.05) is 29.8 Å². The Morgan fingerprint density at radius 2 is 0.650 bits per heavy atom. The molecule has 0 bridgehead atoms. The van der Waals surface area contributed by atoms with Crippen molar-refractivity contribution in [3.8, 4) is 0 Å². The van der Waals surface area contributed by atoms with Crippen LogP contribution in [0.3, 0.4) is 0 Å². The van der Waals surface area contributed by atoms with Crippen LogP contribution in [-0.4, -0.2) is 130 Å². The van der Waals surface area contributed by atoms with Gasteiger partial charge in [0.15, 0.2) is 0 Å². The molecule has 5 aromatic rings. The standard InChI is InChI=1S/C24H36O6Si.C22H32O4Si.C16H24Si.C15H26O2Si.C9H11Br/c1-17-13-18(2)22(19(3)14-17)31(6,11-7-9-29-23(27)20(4)15-25)12-8-10-30-24(28)21(5)16-26;1-7-20(23)25-11-9-13-27(6,14-10-12-26-21(24)8-2)22-18(4)15-17(3)16-19(22)5;1-7-9-17(6,10-8-2)16-14(4)11-13(3)12-15(16)5;1-12-10-13(2)15(14(3)11-12)18(8-4-6-16)9-5-7-17;1-6-4-7(2)9(10)8(3)5-6/h13-14,25-26H,4-5,7-12,15-16H2,1-3,6H3;7-8,15-16H,1-2,9-14H2,3-6H3;7-8,11-12H,1-2,9-10H2,3-6H3;10-11,16-18H,4-9H2,1-3H3;4-5H,1-3H3. The third-order valence-corrected chi connectivity index (χ3v) is 38.3. The van der Waals surface area contributed by atoms with Gasteiger partial charge in [0.1, 0.15) is 0 Å². The van der Waals surface area contributed by atoms with Crippen LogP contribution in [0, 0.1) is 104 Å². The van der Waals surface area contributed by atoms with Crippen molar-refractivity contribution in [3.05, 3.63) is 224 Å². The molecule has 5 rings (SSSR count). The van der Waals surface area contributed by atoms with Gasteiger partial charge in [-0.15, -0.1) is 13.2 Å². The molecule has 0 aliphatic carbocycles. The molecule has 4 N–H and O–H groups in total. The maximum Gasteiger partial charge on any atom is 0.335 e. The molecule has 0 fully saturated rings. The highest BCUT2D eigenvalue weighted by atomic mass is 79.9. The van der Waals surface area contributed by atoms with Gasteiger partial charge in [0.2, 0.25) is 0 Å². The third kappa shape index (κ3) is 32.9. The van der Waals surface area contributed by atoms with E-state index in [2.05, 4.69) is 252 Å². The number of benzene rings is 5. The first-order chi connectivity index (χ1) is 48.4. The highest BCUT2D eigenvalue weighted by Crippen LogP contribution is 2.28. The maximum atomic E-state index is 11.7. The molecule has 0 aromatic heterocycles. The molecule has 0 spiro atoms. The molecule has 0 aliphatic heterocycles. The maximum absolute atomic E-state index is 11.7. The van der Waals surface area contributed by atoms with Crippen molar-refractivity contribution in [3.63, 3.8) is 0 Å². The molecule has 0 atom stereocenters. The van der Waals surface area contributed by atoms with E-state index in [0.29, 0.717) is 26.1 Å². The monoisotopic (exact) mass is 1540 g/mol. The minimum atomic E-state index is -1.98. The second-order valence-corrected chi connectivity index (χ2v) is 46.5. The molecule has 103 heavy (non-hydrogen) atoms. The molecule has 0 aliphatic rings. The lowest BCUT2D eigenvalue weighted by Crippen LogP contribution is -2.47. The number of aryl methyl sites for hydroxylation is 15. The summed E-state index contributed by atoms with van der Waals surface area (Å²) in [5.41, 5.74) is 20.1. The van der Waals surface area contributed by atoms with Crippen molar-refractivity contribution in [1.82, 2.24) is 0 Å². The Hall–Kier alpha value is -6.39. The lowest BCUT2D eigenvalue weighted by atomic mass is 10.1. The Kier molecular flexibility index (Phi) is 44.7. The lowest BCUT2D eigenvalue weighted by Gasteiger charge is -2.32. The molecular formula is C86H129BrO12Si4. The summed E-state index contributed by atoms with van der Waals surface area (Å²) in [5, 5.41) is 42.1. The van der Waals surface area contributed by atoms with Gasteiger partial charge in [-0.1, -0.05) is 264 Å². The Balaban J connectivity index is 0.000000671. The molecule has 0 radical (unpaired) electrons. The minimum absolute atomic E-state index is 0.0523. The second kappa shape index (κ2) is 48.7. The minimum Gasteiger partial charge on any atom is -0.463 e. The van der Waals surface area contributed by atoms with Crippen molar-refractivity contribution in [2.45, 2.75) is 210 Å². The number of aliphatic hydroxyl groups excluding tert-OH is 4. The first-order valence-corrected chi connectivity index (χ1v) is 48.2. The molecule has 0 heterocycles. The summed E-state index contributed by atoms with van der Waals surface area (Å²) in [7, 11) is -6.34. The zero-order valence-corrected chi connectivity index (χ0v) is 72.1. The van der Waals surface area contributed by atoms with Crippen molar-refractivity contribution >= 4 is 93.6 Å². The van der Waals surface area contributed by atoms with Crippen molar-refractivity contribution in [2.24, 2.45) is 0 Å². The number of hydrogen-bond acceptors (Lipinski definition) is 12. The van der Waals surface area contributed by atoms with Crippen molar-refractivity contribution < 1.29 is 58.6 Å². The van der Waals surface area contributed by atoms with Gasteiger partial charge in [0.05, 0.1) is 83.8 Å². The number of carbonyl (C=O) groups is 4. The highest BCUT2D eigenvalue weighted by molar-refractivity contribution is 9.10. The van der Waals surface area contributed by atoms with Crippen molar-refractivity contribution in [1.29, 1.82) is 0 Å². The van der Waals surface area contributed by atoms with Gasteiger partial charge < -0.3 is 39.4 Å². The molecule has 5 aromatic carbocycles. The van der Waals surface area contributed by atoms with E-state index in [0.717, 1.165) is 74.0 Å². The third-order valence-electron chi connectivity index (χ3n) is 18.9. The summed E-state index contributed by atoms with van der Waals surface area (Å²) in [5.74, 6) is -1.89. The fourth-order valence-electron chi connectivity index (χ4n) is 15.2. The summed E-state index contributed by atoms with van der Waals surface area (Å²) in [6.07, 6.45) is 11.4. The molecule has 12 nitrogen and oxygen atoms in total. The highest BCUT2D eigenvalue weighted by Gasteiger charge is 2.34. The van der Waals surface area contributed by atoms with Gasteiger partial charge in [-0.05, 0) is 166 Å². The summed E-state index contributed by atoms with van der Waals surface area (Å²) < 4.78 is 22.0. The molecule has 0 unspecified atom stereocenters. The van der Waals surface area contributed by atoms with Gasteiger partial charge >= 0.3 is 23.9 Å². The van der Waals surface area contributed by atoms with Crippen LogP contribution in [-0.2, 0) is 38.1 Å². The van der Waals surface area contributed by atoms with E-state index in [4.69, 9.17) is 39.4 Å². The number of allylic oxidation sites excluding steroid dienone is 2. The van der Waals surface area contributed by atoms with Crippen LogP contribution in [0.2, 0.25) is 68.0 Å². The fraction of sp³-hybridized carbons (Fsp3) is 0.465. The van der Waals surface area contributed by atoms with E-state index < -0.39 is 58.2 Å². The normalized spacial score (nSPS) is 11.0. The average Bonchev–Trinajstić information content (AvgIpc) is 0.804. The van der Waals surface area contributed by atoms with Gasteiger partial charge in [-0.3, -0.25) is 0 Å². The Labute approximate surface area is 634 Å².